The lowest BCUT2D eigenvalue weighted by molar-refractivity contribution is -0.113. The zero-order chi connectivity index (χ0) is 16.7. The molecule has 0 radical (unpaired) electrons. The minimum absolute atomic E-state index is 0.135. The van der Waals surface area contributed by atoms with E-state index in [1.165, 1.54) is 0 Å². The Morgan fingerprint density at radius 2 is 1.73 bits per heavy atom. The zero-order valence-corrected chi connectivity index (χ0v) is 12.3. The van der Waals surface area contributed by atoms with E-state index in [9.17, 15) is 4.79 Å². The molecule has 1 amide bonds. The number of carbonyl (C=O) groups is 1. The van der Waals surface area contributed by atoms with Gasteiger partial charge in [-0.25, -0.2) is 9.98 Å². The molecule has 22 heavy (non-hydrogen) atoms. The van der Waals surface area contributed by atoms with E-state index in [0.717, 1.165) is 0 Å². The molecule has 0 aliphatic rings. The molecule has 1 aromatic rings. The summed E-state index contributed by atoms with van der Waals surface area (Å²) < 4.78 is 0. The van der Waals surface area contributed by atoms with Gasteiger partial charge in [0.2, 0.25) is 5.96 Å². The lowest BCUT2D eigenvalue weighted by atomic mass is 10.3. The molecule has 0 fully saturated rings. The third kappa shape index (κ3) is 5.17. The first-order valence-corrected chi connectivity index (χ1v) is 6.33. The summed E-state index contributed by atoms with van der Waals surface area (Å²) in [6, 6.07) is 8.80. The van der Waals surface area contributed by atoms with E-state index in [4.69, 9.17) is 34.5 Å². The number of para-hydroxylation sites is 1. The number of nitrogens with one attached hydrogen (secondary N) is 1. The van der Waals surface area contributed by atoms with E-state index >= 15 is 0 Å². The molecule has 1 rings (SSSR count). The minimum Gasteiger partial charge on any atom is -0.397 e. The number of nitrogens with two attached hydrogens (primary N) is 4. The normalized spacial score (nSPS) is 11.7. The number of carbonyl (C=O) groups excluding carboxylic acids is 1. The Hall–Kier alpha value is -3.00. The van der Waals surface area contributed by atoms with Crippen LogP contribution in [0.25, 0.3) is 0 Å². The average Bonchev–Trinajstić information content (AvgIpc) is 2.44. The third-order valence-electron chi connectivity index (χ3n) is 2.21. The van der Waals surface area contributed by atoms with Crippen LogP contribution in [-0.2, 0) is 4.79 Å². The lowest BCUT2D eigenvalue weighted by Crippen LogP contribution is -2.42. The van der Waals surface area contributed by atoms with Crippen molar-refractivity contribution in [2.75, 3.05) is 0 Å². The van der Waals surface area contributed by atoms with Gasteiger partial charge in [0.15, 0.2) is 10.9 Å². The predicted molar refractivity (Wildman–Crippen MR) is 87.9 cm³/mol. The van der Waals surface area contributed by atoms with Crippen molar-refractivity contribution in [1.29, 1.82) is 0 Å². The van der Waals surface area contributed by atoms with Crippen LogP contribution in [0.5, 0.6) is 0 Å². The molecule has 0 aliphatic heterocycles. The molecule has 0 heterocycles. The van der Waals surface area contributed by atoms with Crippen LogP contribution in [0.2, 0.25) is 0 Å². The molecular weight excluding hydrogens is 306 g/mol. The van der Waals surface area contributed by atoms with Crippen molar-refractivity contribution >= 4 is 34.9 Å². The molecule has 9 N–H and O–H groups in total. The van der Waals surface area contributed by atoms with Gasteiger partial charge in [-0.3, -0.25) is 10.1 Å². The SMILES string of the molecule is C=C(N)C(=NC(Cl)=C(N)N)C(=O)NC(N)=Nc1ccccc1. The summed E-state index contributed by atoms with van der Waals surface area (Å²) in [6.45, 7) is 3.42. The zero-order valence-electron chi connectivity index (χ0n) is 11.6. The number of halogens is 1. The summed E-state index contributed by atoms with van der Waals surface area (Å²) >= 11 is 5.67. The molecule has 116 valence electrons. The molecule has 8 nitrogen and oxygen atoms in total. The number of guanidine groups is 1. The quantitative estimate of drug-likeness (QED) is 0.298. The Bertz CT molecular complexity index is 660. The Morgan fingerprint density at radius 1 is 1.14 bits per heavy atom. The van der Waals surface area contributed by atoms with Crippen LogP contribution < -0.4 is 28.3 Å². The lowest BCUT2D eigenvalue weighted by Gasteiger charge is -2.07. The highest BCUT2D eigenvalue weighted by atomic mass is 35.5. The fourth-order valence-electron chi connectivity index (χ4n) is 1.28. The van der Waals surface area contributed by atoms with Gasteiger partial charge < -0.3 is 22.9 Å². The topological polar surface area (TPSA) is 158 Å². The number of rotatable bonds is 4. The molecule has 0 aromatic heterocycles. The van der Waals surface area contributed by atoms with Gasteiger partial charge in [-0.1, -0.05) is 36.4 Å². The standard InChI is InChI=1S/C13H16ClN7O/c1-7(15)9(20-10(14)11(16)17)12(22)21-13(18)19-8-5-3-2-4-6-8/h2-6H,1,15-17H2,(H3,18,19,21,22). The molecule has 9 heteroatoms. The highest BCUT2D eigenvalue weighted by Crippen LogP contribution is 2.09. The molecular formula is C13H16ClN7O. The number of amides is 1. The first kappa shape index (κ1) is 17.1. The van der Waals surface area contributed by atoms with Gasteiger partial charge in [0, 0.05) is 0 Å². The highest BCUT2D eigenvalue weighted by molar-refractivity contribution is 6.48. The molecule has 0 spiro atoms. The predicted octanol–water partition coefficient (Wildman–Crippen LogP) is -0.0548. The smallest absolute Gasteiger partial charge is 0.278 e. The van der Waals surface area contributed by atoms with E-state index in [-0.39, 0.29) is 28.3 Å². The second-order valence-corrected chi connectivity index (χ2v) is 4.38. The van der Waals surface area contributed by atoms with Crippen molar-refractivity contribution in [3.8, 4) is 0 Å². The van der Waals surface area contributed by atoms with Crippen molar-refractivity contribution in [2.45, 2.75) is 0 Å². The highest BCUT2D eigenvalue weighted by Gasteiger charge is 2.15. The molecule has 0 atom stereocenters. The minimum atomic E-state index is -0.746. The van der Waals surface area contributed by atoms with Crippen molar-refractivity contribution in [3.05, 3.63) is 53.6 Å². The first-order valence-electron chi connectivity index (χ1n) is 5.96. The van der Waals surface area contributed by atoms with Crippen LogP contribution in [0.3, 0.4) is 0 Å². The van der Waals surface area contributed by atoms with Crippen LogP contribution in [0.4, 0.5) is 5.69 Å². The van der Waals surface area contributed by atoms with Crippen molar-refractivity contribution in [3.63, 3.8) is 0 Å². The second kappa shape index (κ2) is 7.70. The number of hydrogen-bond acceptors (Lipinski definition) is 6. The van der Waals surface area contributed by atoms with Gasteiger partial charge in [-0.15, -0.1) is 0 Å². The average molecular weight is 322 g/mol. The van der Waals surface area contributed by atoms with Gasteiger partial charge in [-0.2, -0.15) is 0 Å². The monoisotopic (exact) mass is 321 g/mol. The van der Waals surface area contributed by atoms with Crippen LogP contribution >= 0.6 is 11.6 Å². The first-order chi connectivity index (χ1) is 10.3. The summed E-state index contributed by atoms with van der Waals surface area (Å²) in [5.74, 6) is -1.16. The van der Waals surface area contributed by atoms with Crippen molar-refractivity contribution in [2.24, 2.45) is 32.9 Å². The second-order valence-electron chi connectivity index (χ2n) is 4.02. The molecule has 0 bridgehead atoms. The van der Waals surface area contributed by atoms with Gasteiger partial charge in [-0.05, 0) is 12.1 Å². The summed E-state index contributed by atoms with van der Waals surface area (Å²) in [5.41, 5.74) is 21.8. The maximum absolute atomic E-state index is 12.0. The number of hydrogen-bond donors (Lipinski definition) is 5. The van der Waals surface area contributed by atoms with Crippen molar-refractivity contribution in [1.82, 2.24) is 5.32 Å². The Balaban J connectivity index is 2.96. The van der Waals surface area contributed by atoms with E-state index in [0.29, 0.717) is 5.69 Å². The third-order valence-corrected chi connectivity index (χ3v) is 2.52. The number of nitrogens with zero attached hydrogens (tertiary/aromatic N) is 2. The molecule has 0 aliphatic carbocycles. The maximum Gasteiger partial charge on any atom is 0.278 e. The van der Waals surface area contributed by atoms with E-state index in [1.54, 1.807) is 24.3 Å². The Kier molecular flexibility index (Phi) is 5.96. The fraction of sp³-hybridized carbons (Fsp3) is 0. The summed E-state index contributed by atoms with van der Waals surface area (Å²) in [7, 11) is 0. The number of benzene rings is 1. The maximum atomic E-state index is 12.0. The van der Waals surface area contributed by atoms with Crippen LogP contribution in [-0.4, -0.2) is 17.6 Å². The van der Waals surface area contributed by atoms with E-state index in [1.807, 2.05) is 6.07 Å². The fourth-order valence-corrected chi connectivity index (χ4v) is 1.36. The molecule has 0 saturated heterocycles. The summed E-state index contributed by atoms with van der Waals surface area (Å²) in [4.78, 5) is 19.7. The van der Waals surface area contributed by atoms with Gasteiger partial charge in [0.05, 0.1) is 11.4 Å². The van der Waals surface area contributed by atoms with Gasteiger partial charge >= 0.3 is 0 Å². The summed E-state index contributed by atoms with van der Waals surface area (Å²) in [6.07, 6.45) is 0. The Labute approximate surface area is 132 Å². The number of aliphatic imine (C=N–C) groups is 2. The van der Waals surface area contributed by atoms with Crippen LogP contribution in [0.15, 0.2) is 63.6 Å². The Morgan fingerprint density at radius 3 is 2.23 bits per heavy atom. The summed E-state index contributed by atoms with van der Waals surface area (Å²) in [5, 5.41) is 2.03. The van der Waals surface area contributed by atoms with Gasteiger partial charge in [0.25, 0.3) is 5.91 Å². The largest absolute Gasteiger partial charge is 0.397 e. The van der Waals surface area contributed by atoms with E-state index in [2.05, 4.69) is 21.9 Å². The van der Waals surface area contributed by atoms with Gasteiger partial charge in [0.1, 0.15) is 5.82 Å². The van der Waals surface area contributed by atoms with Crippen LogP contribution in [0, 0.1) is 0 Å². The molecule has 0 saturated carbocycles. The van der Waals surface area contributed by atoms with Crippen LogP contribution in [0.1, 0.15) is 0 Å². The van der Waals surface area contributed by atoms with Crippen molar-refractivity contribution < 1.29 is 4.79 Å². The molecule has 0 unspecified atom stereocenters. The molecule has 1 aromatic carbocycles. The van der Waals surface area contributed by atoms with E-state index < -0.39 is 5.91 Å².